The molecule has 0 spiro atoms. The lowest BCUT2D eigenvalue weighted by atomic mass is 10.3. The number of rotatable bonds is 4. The van der Waals surface area contributed by atoms with E-state index in [-0.39, 0.29) is 12.4 Å². The number of benzene rings is 1. The number of nitrogens with two attached hydrogens (primary N) is 1. The molecule has 2 rings (SSSR count). The maximum absolute atomic E-state index is 13.4. The Morgan fingerprint density at radius 1 is 1.44 bits per heavy atom. The third-order valence-electron chi connectivity index (χ3n) is 2.01. The van der Waals surface area contributed by atoms with Crippen molar-refractivity contribution in [3.8, 4) is 5.75 Å². The third-order valence-corrected chi connectivity index (χ3v) is 3.17. The van der Waals surface area contributed by atoms with Gasteiger partial charge in [0.15, 0.2) is 16.6 Å². The summed E-state index contributed by atoms with van der Waals surface area (Å²) in [4.78, 5) is 0. The maximum Gasteiger partial charge on any atom is 0.200 e. The third kappa shape index (κ3) is 2.74. The second-order valence-corrected chi connectivity index (χ2v) is 4.85. The lowest BCUT2D eigenvalue weighted by Gasteiger charge is -2.07. The molecule has 0 saturated heterocycles. The van der Waals surface area contributed by atoms with E-state index in [2.05, 4.69) is 30.9 Å². The molecule has 0 fully saturated rings. The lowest BCUT2D eigenvalue weighted by Crippen LogP contribution is -2.09. The van der Waals surface area contributed by atoms with Crippen molar-refractivity contribution < 1.29 is 13.5 Å². The van der Waals surface area contributed by atoms with Crippen molar-refractivity contribution in [1.82, 2.24) is 9.59 Å². The van der Waals surface area contributed by atoms with Crippen LogP contribution >= 0.6 is 27.5 Å². The van der Waals surface area contributed by atoms with Crippen molar-refractivity contribution >= 4 is 32.5 Å². The lowest BCUT2D eigenvalue weighted by molar-refractivity contribution is 0.280. The van der Waals surface area contributed by atoms with E-state index in [0.717, 1.165) is 17.6 Å². The van der Waals surface area contributed by atoms with Gasteiger partial charge in [-0.2, -0.15) is 4.39 Å². The molecule has 1 aromatic carbocycles. The molecular weight excluding hydrogens is 330 g/mol. The van der Waals surface area contributed by atoms with Gasteiger partial charge in [0.25, 0.3) is 0 Å². The summed E-state index contributed by atoms with van der Waals surface area (Å²) in [6.07, 6.45) is 0. The second kappa shape index (κ2) is 5.55. The Morgan fingerprint density at radius 3 is 2.94 bits per heavy atom. The van der Waals surface area contributed by atoms with Gasteiger partial charge in [-0.3, -0.25) is 0 Å². The Kier molecular flexibility index (Phi) is 4.04. The molecule has 96 valence electrons. The molecule has 0 amide bonds. The van der Waals surface area contributed by atoms with E-state index in [1.54, 1.807) is 0 Å². The van der Waals surface area contributed by atoms with E-state index in [4.69, 9.17) is 10.6 Å². The molecule has 0 aliphatic heterocycles. The number of aromatic nitrogens is 2. The van der Waals surface area contributed by atoms with Crippen molar-refractivity contribution in [2.45, 2.75) is 6.61 Å². The average Bonchev–Trinajstić information content (AvgIpc) is 2.79. The quantitative estimate of drug-likeness (QED) is 0.509. The standard InChI is InChI=1S/C9H7BrF2N4OS/c10-4-1-5(11)8(12)7(2-4)17-3-6-9(14-13)18-16-15-6/h1-2,14H,3,13H2. The molecule has 1 heterocycles. The van der Waals surface area contributed by atoms with Crippen molar-refractivity contribution in [2.75, 3.05) is 5.43 Å². The van der Waals surface area contributed by atoms with Gasteiger partial charge in [-0.25, -0.2) is 10.2 Å². The molecule has 0 aliphatic rings. The molecule has 0 bridgehead atoms. The average molecular weight is 337 g/mol. The van der Waals surface area contributed by atoms with Crippen molar-refractivity contribution in [2.24, 2.45) is 5.84 Å². The van der Waals surface area contributed by atoms with Crippen molar-refractivity contribution in [1.29, 1.82) is 0 Å². The highest BCUT2D eigenvalue weighted by molar-refractivity contribution is 9.10. The summed E-state index contributed by atoms with van der Waals surface area (Å²) in [7, 11) is 0. The molecule has 0 aliphatic carbocycles. The largest absolute Gasteiger partial charge is 0.484 e. The highest BCUT2D eigenvalue weighted by Gasteiger charge is 2.13. The van der Waals surface area contributed by atoms with Crippen LogP contribution in [-0.2, 0) is 6.61 Å². The van der Waals surface area contributed by atoms with Crippen molar-refractivity contribution in [3.63, 3.8) is 0 Å². The maximum atomic E-state index is 13.4. The SMILES string of the molecule is NNc1snnc1COc1cc(Br)cc(F)c1F. The van der Waals surface area contributed by atoms with E-state index < -0.39 is 11.6 Å². The summed E-state index contributed by atoms with van der Waals surface area (Å²) in [6.45, 7) is -0.0666. The molecule has 18 heavy (non-hydrogen) atoms. The molecule has 1 aromatic heterocycles. The van der Waals surface area contributed by atoms with Gasteiger partial charge in [0.05, 0.1) is 0 Å². The topological polar surface area (TPSA) is 73.1 Å². The van der Waals surface area contributed by atoms with E-state index in [0.29, 0.717) is 15.2 Å². The monoisotopic (exact) mass is 336 g/mol. The van der Waals surface area contributed by atoms with Gasteiger partial charge >= 0.3 is 0 Å². The molecule has 0 radical (unpaired) electrons. The van der Waals surface area contributed by atoms with E-state index >= 15 is 0 Å². The number of hydrogen-bond donors (Lipinski definition) is 2. The molecule has 5 nitrogen and oxygen atoms in total. The summed E-state index contributed by atoms with van der Waals surface area (Å²) in [5.41, 5.74) is 2.80. The first kappa shape index (κ1) is 13.1. The highest BCUT2D eigenvalue weighted by Crippen LogP contribution is 2.27. The summed E-state index contributed by atoms with van der Waals surface area (Å²) in [5, 5.41) is 4.26. The van der Waals surface area contributed by atoms with Gasteiger partial charge in [-0.05, 0) is 12.1 Å². The predicted molar refractivity (Wildman–Crippen MR) is 66.1 cm³/mol. The fourth-order valence-corrected chi connectivity index (χ4v) is 2.08. The van der Waals surface area contributed by atoms with Gasteiger partial charge in [0.2, 0.25) is 5.82 Å². The van der Waals surface area contributed by atoms with Crippen LogP contribution < -0.4 is 16.0 Å². The van der Waals surface area contributed by atoms with Gasteiger partial charge < -0.3 is 10.2 Å². The molecule has 0 atom stereocenters. The second-order valence-electron chi connectivity index (χ2n) is 3.18. The number of nitrogens with zero attached hydrogens (tertiary/aromatic N) is 2. The van der Waals surface area contributed by atoms with Crippen LogP contribution in [0.4, 0.5) is 13.8 Å². The molecular formula is C9H7BrF2N4OS. The molecule has 0 unspecified atom stereocenters. The number of halogens is 3. The first-order chi connectivity index (χ1) is 8.61. The van der Waals surface area contributed by atoms with Crippen LogP contribution in [0, 0.1) is 11.6 Å². The fraction of sp³-hybridized carbons (Fsp3) is 0.111. The van der Waals surface area contributed by atoms with Crippen LogP contribution in [0.3, 0.4) is 0 Å². The summed E-state index contributed by atoms with van der Waals surface area (Å²) < 4.78 is 35.7. The number of nitrogen functional groups attached to an aromatic ring is 1. The zero-order chi connectivity index (χ0) is 13.1. The molecule has 0 saturated carbocycles. The Balaban J connectivity index is 2.16. The Labute approximate surface area is 113 Å². The van der Waals surface area contributed by atoms with Gasteiger partial charge in [-0.1, -0.05) is 20.4 Å². The van der Waals surface area contributed by atoms with Crippen LogP contribution in [0.15, 0.2) is 16.6 Å². The van der Waals surface area contributed by atoms with Crippen molar-refractivity contribution in [3.05, 3.63) is 33.9 Å². The van der Waals surface area contributed by atoms with Gasteiger partial charge in [-0.15, -0.1) is 5.10 Å². The minimum atomic E-state index is -1.05. The zero-order valence-corrected chi connectivity index (χ0v) is 11.2. The van der Waals surface area contributed by atoms with Crippen LogP contribution in [0.5, 0.6) is 5.75 Å². The fourth-order valence-electron chi connectivity index (χ4n) is 1.20. The summed E-state index contributed by atoms with van der Waals surface area (Å²) in [5.74, 6) is 2.97. The number of nitrogens with one attached hydrogen (secondary N) is 1. The summed E-state index contributed by atoms with van der Waals surface area (Å²) in [6, 6.07) is 2.34. The normalized spacial score (nSPS) is 10.4. The predicted octanol–water partition coefficient (Wildman–Crippen LogP) is 2.44. The minimum Gasteiger partial charge on any atom is -0.484 e. The first-order valence-electron chi connectivity index (χ1n) is 4.67. The smallest absolute Gasteiger partial charge is 0.200 e. The van der Waals surface area contributed by atoms with Crippen LogP contribution in [0.25, 0.3) is 0 Å². The van der Waals surface area contributed by atoms with Gasteiger partial charge in [0.1, 0.15) is 12.3 Å². The Hall–Kier alpha value is -1.32. The first-order valence-corrected chi connectivity index (χ1v) is 6.23. The zero-order valence-electron chi connectivity index (χ0n) is 8.78. The van der Waals surface area contributed by atoms with Crippen LogP contribution in [0.1, 0.15) is 5.69 Å². The summed E-state index contributed by atoms with van der Waals surface area (Å²) >= 11 is 4.09. The Morgan fingerprint density at radius 2 is 2.22 bits per heavy atom. The van der Waals surface area contributed by atoms with Crippen LogP contribution in [0.2, 0.25) is 0 Å². The molecule has 3 N–H and O–H groups in total. The molecule has 2 aromatic rings. The van der Waals surface area contributed by atoms with E-state index in [1.165, 1.54) is 6.07 Å². The van der Waals surface area contributed by atoms with E-state index in [9.17, 15) is 8.78 Å². The highest BCUT2D eigenvalue weighted by atomic mass is 79.9. The Bertz CT molecular complexity index is 565. The molecule has 9 heteroatoms. The number of hydrogen-bond acceptors (Lipinski definition) is 6. The van der Waals surface area contributed by atoms with Gasteiger partial charge in [0, 0.05) is 16.0 Å². The minimum absolute atomic E-state index is 0.0666. The number of anilines is 1. The van der Waals surface area contributed by atoms with Crippen LogP contribution in [-0.4, -0.2) is 9.59 Å². The number of hydrazine groups is 1. The van der Waals surface area contributed by atoms with E-state index in [1.807, 2.05) is 0 Å². The number of ether oxygens (including phenoxy) is 1.